The first-order chi connectivity index (χ1) is 9.54. The summed E-state index contributed by atoms with van der Waals surface area (Å²) in [5.74, 6) is -0.822. The van der Waals surface area contributed by atoms with Gasteiger partial charge in [0.15, 0.2) is 0 Å². The smallest absolute Gasteiger partial charge is 0.242 e. The van der Waals surface area contributed by atoms with Gasteiger partial charge in [0.2, 0.25) is 0 Å². The zero-order valence-corrected chi connectivity index (χ0v) is 14.3. The highest BCUT2D eigenvalue weighted by atomic mass is 79.9. The quantitative estimate of drug-likeness (QED) is 0.755. The fourth-order valence-electron chi connectivity index (χ4n) is 1.58. The van der Waals surface area contributed by atoms with E-state index < -0.39 is 33.5 Å². The van der Waals surface area contributed by atoms with Gasteiger partial charge in [-0.1, -0.05) is 22.0 Å². The van der Waals surface area contributed by atoms with Crippen molar-refractivity contribution in [2.45, 2.75) is 37.5 Å². The third-order valence-corrected chi connectivity index (χ3v) is 4.99. The van der Waals surface area contributed by atoms with Gasteiger partial charge < -0.3 is 0 Å². The summed E-state index contributed by atoms with van der Waals surface area (Å²) in [6, 6.07) is 3.71. The van der Waals surface area contributed by atoms with Gasteiger partial charge in [-0.15, -0.1) is 6.58 Å². The van der Waals surface area contributed by atoms with E-state index in [4.69, 9.17) is 0 Å². The lowest BCUT2D eigenvalue weighted by atomic mass is 9.91. The summed E-state index contributed by atoms with van der Waals surface area (Å²) in [6.45, 7) is 8.27. The van der Waals surface area contributed by atoms with Crippen molar-refractivity contribution in [2.75, 3.05) is 0 Å². The minimum Gasteiger partial charge on any atom is -0.242 e. The molecule has 21 heavy (non-hydrogen) atoms. The van der Waals surface area contributed by atoms with Crippen LogP contribution < -0.4 is 4.72 Å². The van der Waals surface area contributed by atoms with Crippen molar-refractivity contribution in [3.8, 4) is 0 Å². The maximum absolute atomic E-state index is 14.0. The number of alkyl halides is 2. The van der Waals surface area contributed by atoms with Crippen LogP contribution in [0.4, 0.5) is 13.2 Å². The van der Waals surface area contributed by atoms with Gasteiger partial charge in [-0.05, 0) is 39.0 Å². The van der Waals surface area contributed by atoms with E-state index in [1.807, 2.05) is 0 Å². The molecule has 118 valence electrons. The summed E-state index contributed by atoms with van der Waals surface area (Å²) in [6.07, 6.45) is -2.13. The summed E-state index contributed by atoms with van der Waals surface area (Å²) in [4.78, 5) is 0. The zero-order valence-electron chi connectivity index (χ0n) is 11.9. The molecule has 1 aromatic rings. The van der Waals surface area contributed by atoms with Gasteiger partial charge >= 0.3 is 0 Å². The number of rotatable bonds is 5. The minimum atomic E-state index is -3.02. The number of nitrogens with one attached hydrogen (secondary N) is 1. The summed E-state index contributed by atoms with van der Waals surface area (Å²) in [5, 5.41) is 0. The molecule has 0 bridgehead atoms. The molecule has 7 heteroatoms. The first-order valence-electron chi connectivity index (χ1n) is 6.11. The Morgan fingerprint density at radius 2 is 1.95 bits per heavy atom. The van der Waals surface area contributed by atoms with Crippen LogP contribution in [0.15, 0.2) is 35.3 Å². The minimum absolute atomic E-state index is 0.306. The van der Waals surface area contributed by atoms with Crippen LogP contribution >= 0.6 is 15.9 Å². The molecular formula is C14H17BrF3NOS. The molecule has 0 aliphatic rings. The number of hydrogen-bond donors (Lipinski definition) is 1. The Hall–Kier alpha value is -0.660. The highest BCUT2D eigenvalue weighted by Crippen LogP contribution is 2.34. The third-order valence-electron chi connectivity index (χ3n) is 2.86. The lowest BCUT2D eigenvalue weighted by Gasteiger charge is -2.34. The van der Waals surface area contributed by atoms with Crippen LogP contribution in [0.5, 0.6) is 0 Å². The second-order valence-corrected chi connectivity index (χ2v) is 8.36. The van der Waals surface area contributed by atoms with E-state index in [2.05, 4.69) is 27.2 Å². The standard InChI is InChI=1S/C14H17BrF3NOS/c1-5-14(12(17)18,19-21(20)13(2,3)4)10-8-9(15)6-7-11(10)16/h5-8,12,19H,1H2,2-4H3/t14-,21?/m0/s1. The van der Waals surface area contributed by atoms with Crippen molar-refractivity contribution >= 4 is 26.9 Å². The van der Waals surface area contributed by atoms with Gasteiger partial charge in [0, 0.05) is 10.0 Å². The highest BCUT2D eigenvalue weighted by Gasteiger charge is 2.44. The Morgan fingerprint density at radius 3 is 2.38 bits per heavy atom. The Balaban J connectivity index is 3.44. The van der Waals surface area contributed by atoms with Crippen LogP contribution in [0.1, 0.15) is 26.3 Å². The fourth-order valence-corrected chi connectivity index (χ4v) is 2.84. The molecule has 2 atom stereocenters. The zero-order chi connectivity index (χ0) is 16.4. The molecular weight excluding hydrogens is 367 g/mol. The molecule has 1 unspecified atom stereocenters. The molecule has 0 aliphatic heterocycles. The van der Waals surface area contributed by atoms with Gasteiger partial charge in [0.1, 0.15) is 11.4 Å². The maximum Gasteiger partial charge on any atom is 0.265 e. The van der Waals surface area contributed by atoms with Crippen molar-refractivity contribution in [1.82, 2.24) is 4.72 Å². The van der Waals surface area contributed by atoms with Gasteiger partial charge in [0.05, 0.1) is 15.7 Å². The summed E-state index contributed by atoms with van der Waals surface area (Å²) >= 11 is 3.12. The molecule has 0 spiro atoms. The van der Waals surface area contributed by atoms with E-state index in [9.17, 15) is 17.4 Å². The van der Waals surface area contributed by atoms with Crippen molar-refractivity contribution in [1.29, 1.82) is 0 Å². The van der Waals surface area contributed by atoms with E-state index in [-0.39, 0.29) is 5.56 Å². The average Bonchev–Trinajstić information content (AvgIpc) is 2.37. The summed E-state index contributed by atoms with van der Waals surface area (Å²) in [5.41, 5.74) is -2.54. The Labute approximate surface area is 133 Å². The predicted molar refractivity (Wildman–Crippen MR) is 83.0 cm³/mol. The van der Waals surface area contributed by atoms with Crippen LogP contribution in [0, 0.1) is 5.82 Å². The molecule has 0 amide bonds. The molecule has 0 saturated carbocycles. The molecule has 0 aliphatic carbocycles. The molecule has 0 heterocycles. The lowest BCUT2D eigenvalue weighted by Crippen LogP contribution is -2.51. The summed E-state index contributed by atoms with van der Waals surface area (Å²) < 4.78 is 55.5. The van der Waals surface area contributed by atoms with Crippen LogP contribution in [0.25, 0.3) is 0 Å². The lowest BCUT2D eigenvalue weighted by molar-refractivity contribution is 0.0676. The van der Waals surface area contributed by atoms with E-state index in [1.165, 1.54) is 12.1 Å². The van der Waals surface area contributed by atoms with Gasteiger partial charge in [-0.25, -0.2) is 22.1 Å². The van der Waals surface area contributed by atoms with Gasteiger partial charge in [-0.2, -0.15) is 0 Å². The number of benzene rings is 1. The maximum atomic E-state index is 14.0. The molecule has 1 N–H and O–H groups in total. The first kappa shape index (κ1) is 18.4. The van der Waals surface area contributed by atoms with Crippen LogP contribution in [0.2, 0.25) is 0 Å². The molecule has 0 aromatic heterocycles. The molecule has 2 nitrogen and oxygen atoms in total. The van der Waals surface area contributed by atoms with E-state index in [0.717, 1.165) is 12.1 Å². The molecule has 0 radical (unpaired) electrons. The second-order valence-electron chi connectivity index (χ2n) is 5.48. The van der Waals surface area contributed by atoms with Crippen LogP contribution in [-0.2, 0) is 16.5 Å². The van der Waals surface area contributed by atoms with Crippen molar-refractivity contribution in [3.05, 3.63) is 46.7 Å². The van der Waals surface area contributed by atoms with Crippen molar-refractivity contribution in [2.24, 2.45) is 0 Å². The van der Waals surface area contributed by atoms with E-state index in [0.29, 0.717) is 4.47 Å². The van der Waals surface area contributed by atoms with E-state index >= 15 is 0 Å². The summed E-state index contributed by atoms with van der Waals surface area (Å²) in [7, 11) is -1.83. The molecule has 0 fully saturated rings. The second kappa shape index (κ2) is 6.62. The fraction of sp³-hybridized carbons (Fsp3) is 0.429. The first-order valence-corrected chi connectivity index (χ1v) is 8.06. The Morgan fingerprint density at radius 1 is 1.38 bits per heavy atom. The van der Waals surface area contributed by atoms with Crippen LogP contribution in [-0.4, -0.2) is 15.4 Å². The largest absolute Gasteiger partial charge is 0.265 e. The van der Waals surface area contributed by atoms with Crippen molar-refractivity contribution in [3.63, 3.8) is 0 Å². The topological polar surface area (TPSA) is 29.1 Å². The predicted octanol–water partition coefficient (Wildman–Crippen LogP) is 4.29. The molecule has 1 aromatic carbocycles. The number of hydrogen-bond acceptors (Lipinski definition) is 1. The molecule has 1 rings (SSSR count). The Kier molecular flexibility index (Phi) is 5.80. The third kappa shape index (κ3) is 3.96. The SMILES string of the molecule is C=C[C@](NS(=O)C(C)(C)C)(c1cc(Br)ccc1F)C(F)F. The van der Waals surface area contributed by atoms with Crippen LogP contribution in [0.3, 0.4) is 0 Å². The average molecular weight is 384 g/mol. The van der Waals surface area contributed by atoms with Gasteiger partial charge in [-0.3, -0.25) is 0 Å². The molecule has 0 saturated heterocycles. The van der Waals surface area contributed by atoms with E-state index in [1.54, 1.807) is 20.8 Å². The van der Waals surface area contributed by atoms with Crippen molar-refractivity contribution < 1.29 is 17.4 Å². The normalized spacial score (nSPS) is 16.6. The highest BCUT2D eigenvalue weighted by molar-refractivity contribution is 9.10. The Bertz CT molecular complexity index is 560. The monoisotopic (exact) mass is 383 g/mol. The number of halogens is 4. The van der Waals surface area contributed by atoms with Gasteiger partial charge in [0.25, 0.3) is 6.43 Å².